The smallest absolute Gasteiger partial charge is 0.130 e. The number of hydrogen-bond donors (Lipinski definition) is 3. The van der Waals surface area contributed by atoms with Crippen molar-refractivity contribution in [3.05, 3.63) is 222 Å². The van der Waals surface area contributed by atoms with E-state index in [0.717, 1.165) is 34.6 Å². The Morgan fingerprint density at radius 3 is 1.88 bits per heavy atom. The van der Waals surface area contributed by atoms with Gasteiger partial charge in [0.25, 0.3) is 0 Å². The number of aliphatic imine (C=N–C) groups is 1. The first-order valence-corrected chi connectivity index (χ1v) is 20.9. The summed E-state index contributed by atoms with van der Waals surface area (Å²) in [5.74, 6) is 1.17. The second-order valence-corrected chi connectivity index (χ2v) is 15.9. The van der Waals surface area contributed by atoms with Crippen molar-refractivity contribution in [2.45, 2.75) is 26.1 Å². The van der Waals surface area contributed by atoms with Crippen molar-refractivity contribution in [3.63, 3.8) is 0 Å². The Balaban J connectivity index is 1.02. The van der Waals surface area contributed by atoms with E-state index < -0.39 is 0 Å². The highest BCUT2D eigenvalue weighted by Gasteiger charge is 2.25. The molecule has 9 rings (SSSR count). The number of amidine groups is 1. The molecule has 7 aromatic carbocycles. The third-order valence-corrected chi connectivity index (χ3v) is 12.4. The van der Waals surface area contributed by atoms with Gasteiger partial charge in [-0.15, -0.1) is 11.3 Å². The second kappa shape index (κ2) is 16.9. The van der Waals surface area contributed by atoms with Crippen LogP contribution in [-0.2, 0) is 6.54 Å². The highest BCUT2D eigenvalue weighted by Crippen LogP contribution is 2.46. The molecule has 1 aliphatic rings. The molecular weight excluding hydrogens is 725 g/mol. The first-order valence-electron chi connectivity index (χ1n) is 20.1. The normalized spacial score (nSPS) is 15.0. The molecule has 0 saturated carbocycles. The Morgan fingerprint density at radius 1 is 0.638 bits per heavy atom. The molecule has 0 amide bonds. The van der Waals surface area contributed by atoms with E-state index in [9.17, 15) is 0 Å². The summed E-state index contributed by atoms with van der Waals surface area (Å²) >= 11 is 1.93. The van der Waals surface area contributed by atoms with Gasteiger partial charge in [0.15, 0.2) is 0 Å². The van der Waals surface area contributed by atoms with Crippen molar-refractivity contribution in [2.75, 3.05) is 12.4 Å². The molecule has 1 aliphatic carbocycles. The maximum atomic E-state index is 5.11. The van der Waals surface area contributed by atoms with Crippen molar-refractivity contribution in [1.82, 2.24) is 10.6 Å². The second-order valence-electron chi connectivity index (χ2n) is 14.9. The van der Waals surface area contributed by atoms with Gasteiger partial charge in [-0.1, -0.05) is 177 Å². The highest BCUT2D eigenvalue weighted by molar-refractivity contribution is 7.26. The van der Waals surface area contributed by atoms with Crippen LogP contribution in [0.1, 0.15) is 47.3 Å². The molecule has 1 aromatic heterocycles. The Morgan fingerprint density at radius 2 is 1.22 bits per heavy atom. The molecule has 0 fully saturated rings. The van der Waals surface area contributed by atoms with Gasteiger partial charge in [-0.2, -0.15) is 0 Å². The molecule has 8 aromatic rings. The molecule has 0 bridgehead atoms. The lowest BCUT2D eigenvalue weighted by molar-refractivity contribution is 0.559. The number of nitrogens with zero attached hydrogens (tertiary/aromatic N) is 1. The molecule has 5 heteroatoms. The summed E-state index contributed by atoms with van der Waals surface area (Å²) in [7, 11) is 1.97. The predicted molar refractivity (Wildman–Crippen MR) is 248 cm³/mol. The van der Waals surface area contributed by atoms with E-state index in [0.29, 0.717) is 12.5 Å². The quantitative estimate of drug-likeness (QED) is 0.0697. The van der Waals surface area contributed by atoms with Crippen LogP contribution in [-0.4, -0.2) is 12.9 Å². The van der Waals surface area contributed by atoms with E-state index in [1.165, 1.54) is 59.3 Å². The van der Waals surface area contributed by atoms with E-state index in [1.807, 2.05) is 30.5 Å². The minimum absolute atomic E-state index is 0.0726. The lowest BCUT2D eigenvalue weighted by Gasteiger charge is -2.27. The monoisotopic (exact) mass is 770 g/mol. The highest BCUT2D eigenvalue weighted by atomic mass is 32.1. The zero-order valence-corrected chi connectivity index (χ0v) is 33.6. The van der Waals surface area contributed by atoms with Crippen LogP contribution in [0.3, 0.4) is 0 Å². The van der Waals surface area contributed by atoms with E-state index >= 15 is 0 Å². The summed E-state index contributed by atoms with van der Waals surface area (Å²) in [5, 5.41) is 13.6. The molecule has 3 N–H and O–H groups in total. The van der Waals surface area contributed by atoms with Gasteiger partial charge in [-0.25, -0.2) is 0 Å². The van der Waals surface area contributed by atoms with Crippen LogP contribution in [0.5, 0.6) is 0 Å². The Hall–Kier alpha value is -6.53. The molecule has 1 heterocycles. The van der Waals surface area contributed by atoms with Crippen molar-refractivity contribution in [3.8, 4) is 11.1 Å². The topological polar surface area (TPSA) is 48.5 Å². The van der Waals surface area contributed by atoms with Gasteiger partial charge in [-0.3, -0.25) is 10.3 Å². The van der Waals surface area contributed by atoms with Gasteiger partial charge in [0.2, 0.25) is 0 Å². The zero-order chi connectivity index (χ0) is 39.3. The van der Waals surface area contributed by atoms with E-state index in [-0.39, 0.29) is 6.17 Å². The van der Waals surface area contributed by atoms with Crippen LogP contribution in [0, 0.1) is 5.92 Å². The van der Waals surface area contributed by atoms with Gasteiger partial charge < -0.3 is 10.6 Å². The number of nitrogens with one attached hydrogen (secondary N) is 3. The number of allylic oxidation sites excluding steroid dienone is 4. The van der Waals surface area contributed by atoms with E-state index in [2.05, 4.69) is 199 Å². The minimum atomic E-state index is -0.0726. The predicted octanol–water partition coefficient (Wildman–Crippen LogP) is 13.1. The van der Waals surface area contributed by atoms with Gasteiger partial charge in [0.05, 0.1) is 6.54 Å². The fraction of sp³-hybridized carbons (Fsp3) is 0.113. The third kappa shape index (κ3) is 7.75. The molecule has 4 nitrogen and oxygen atoms in total. The summed E-state index contributed by atoms with van der Waals surface area (Å²) in [6.07, 6.45) is 3.27. The maximum Gasteiger partial charge on any atom is 0.130 e. The first-order chi connectivity index (χ1) is 28.6. The molecule has 58 heavy (non-hydrogen) atoms. The molecule has 0 spiro atoms. The fourth-order valence-corrected chi connectivity index (χ4v) is 9.47. The van der Waals surface area contributed by atoms with Crippen molar-refractivity contribution >= 4 is 54.2 Å². The number of hydrogen-bond acceptors (Lipinski definition) is 4. The van der Waals surface area contributed by atoms with Gasteiger partial charge in [0, 0.05) is 42.7 Å². The summed E-state index contributed by atoms with van der Waals surface area (Å²) in [6, 6.07) is 64.7. The number of fused-ring (bicyclic) bond motifs is 3. The van der Waals surface area contributed by atoms with Crippen molar-refractivity contribution in [1.29, 1.82) is 0 Å². The van der Waals surface area contributed by atoms with E-state index in [1.54, 1.807) is 0 Å². The lowest BCUT2D eigenvalue weighted by atomic mass is 9.81. The summed E-state index contributed by atoms with van der Waals surface area (Å²) in [6.45, 7) is 2.92. The summed E-state index contributed by atoms with van der Waals surface area (Å²) in [5.41, 5.74) is 13.4. The van der Waals surface area contributed by atoms with Crippen molar-refractivity contribution < 1.29 is 0 Å². The van der Waals surface area contributed by atoms with Gasteiger partial charge in [-0.05, 0) is 76.5 Å². The molecule has 0 saturated heterocycles. The standard InChI is InChI=1S/C53H46N4S/c1-36-33-49(56-42-31-29-37(30-32-42)35-55-53(41-23-13-6-14-24-41)57-52(54-2)40-21-11-5-12-22-40)48(39-19-9-4-10-20-39)34-47(36)46-28-16-27-45-44-26-15-25-43(50(44)58-51(45)46)38-17-7-3-8-18-38/h3-32,34,36,52,54,56H,33,35H2,1-2H3,(H,55,57). The first kappa shape index (κ1) is 37.1. The Labute approximate surface area is 345 Å². The Bertz CT molecular complexity index is 2750. The van der Waals surface area contributed by atoms with Crippen LogP contribution in [0.2, 0.25) is 0 Å². The van der Waals surface area contributed by atoms with Crippen LogP contribution < -0.4 is 16.0 Å². The largest absolute Gasteiger partial charge is 0.358 e. The van der Waals surface area contributed by atoms with Crippen LogP contribution in [0.25, 0.3) is 42.4 Å². The number of anilines is 1. The third-order valence-electron chi connectivity index (χ3n) is 11.1. The molecule has 284 valence electrons. The Kier molecular flexibility index (Phi) is 10.8. The zero-order valence-electron chi connectivity index (χ0n) is 32.8. The molecule has 0 radical (unpaired) electrons. The van der Waals surface area contributed by atoms with Gasteiger partial charge >= 0.3 is 0 Å². The molecular formula is C53H46N4S. The van der Waals surface area contributed by atoms with Crippen molar-refractivity contribution in [2.24, 2.45) is 10.9 Å². The molecule has 2 atom stereocenters. The van der Waals surface area contributed by atoms with Crippen LogP contribution in [0.4, 0.5) is 5.69 Å². The van der Waals surface area contributed by atoms with Crippen LogP contribution >= 0.6 is 11.3 Å². The number of thiophene rings is 1. The SMILES string of the molecule is CNC(N/C(=N\Cc1ccc(NC2=C(c3ccccc3)C=C(c3cccc4c3sc3c(-c5ccccc5)cccc34)C(C)C2)cc1)c1ccccc1)c1ccccc1. The summed E-state index contributed by atoms with van der Waals surface area (Å²) < 4.78 is 2.70. The fourth-order valence-electron chi connectivity index (χ4n) is 8.10. The average molecular weight is 771 g/mol. The van der Waals surface area contributed by atoms with E-state index in [4.69, 9.17) is 4.99 Å². The van der Waals surface area contributed by atoms with Gasteiger partial charge in [0.1, 0.15) is 12.0 Å². The average Bonchev–Trinajstić information content (AvgIpc) is 3.68. The lowest BCUT2D eigenvalue weighted by Crippen LogP contribution is -2.37. The summed E-state index contributed by atoms with van der Waals surface area (Å²) in [4.78, 5) is 5.11. The number of rotatable bonds is 11. The minimum Gasteiger partial charge on any atom is -0.358 e. The maximum absolute atomic E-state index is 5.11. The molecule has 0 aliphatic heterocycles. The molecule has 2 unspecified atom stereocenters. The van der Waals surface area contributed by atoms with Crippen LogP contribution in [0.15, 0.2) is 199 Å². The number of benzene rings is 7.